The van der Waals surface area contributed by atoms with Crippen molar-refractivity contribution in [3.63, 3.8) is 0 Å². The van der Waals surface area contributed by atoms with E-state index < -0.39 is 0 Å². The van der Waals surface area contributed by atoms with Gasteiger partial charge in [-0.05, 0) is 85.9 Å². The number of anilines is 3. The molecule has 0 fully saturated rings. The van der Waals surface area contributed by atoms with Crippen molar-refractivity contribution in [1.82, 2.24) is 4.98 Å². The van der Waals surface area contributed by atoms with E-state index in [0.717, 1.165) is 28.2 Å². The summed E-state index contributed by atoms with van der Waals surface area (Å²) < 4.78 is 0. The highest BCUT2D eigenvalue weighted by Gasteiger charge is 2.16. The fraction of sp³-hybridized carbons (Fsp3) is 0. The second-order valence-electron chi connectivity index (χ2n) is 8.94. The van der Waals surface area contributed by atoms with E-state index in [1.165, 1.54) is 32.3 Å². The Balaban J connectivity index is 1.42. The number of benzene rings is 6. The zero-order valence-electron chi connectivity index (χ0n) is 19.1. The molecule has 0 saturated heterocycles. The van der Waals surface area contributed by atoms with Crippen LogP contribution in [0, 0.1) is 0 Å². The van der Waals surface area contributed by atoms with Gasteiger partial charge in [0.05, 0.1) is 0 Å². The summed E-state index contributed by atoms with van der Waals surface area (Å²) >= 11 is 0. The molecule has 0 amide bonds. The first-order chi connectivity index (χ1) is 17.3. The van der Waals surface area contributed by atoms with Gasteiger partial charge in [-0.1, -0.05) is 78.9 Å². The van der Waals surface area contributed by atoms with Crippen molar-refractivity contribution in [2.24, 2.45) is 0 Å². The fourth-order valence-electron chi connectivity index (χ4n) is 5.23. The molecule has 1 aromatic heterocycles. The zero-order valence-corrected chi connectivity index (χ0v) is 19.1. The molecule has 0 N–H and O–H groups in total. The van der Waals surface area contributed by atoms with Crippen LogP contribution < -0.4 is 4.90 Å². The Kier molecular flexibility index (Phi) is 4.49. The summed E-state index contributed by atoms with van der Waals surface area (Å²) in [6.45, 7) is 0. The Labute approximate surface area is 204 Å². The van der Waals surface area contributed by atoms with Crippen molar-refractivity contribution in [2.45, 2.75) is 0 Å². The van der Waals surface area contributed by atoms with Crippen molar-refractivity contribution in [2.75, 3.05) is 4.90 Å². The number of pyridine rings is 1. The average molecular weight is 447 g/mol. The van der Waals surface area contributed by atoms with Crippen LogP contribution in [-0.2, 0) is 0 Å². The third-order valence-electron chi connectivity index (χ3n) is 6.84. The molecule has 2 heteroatoms. The largest absolute Gasteiger partial charge is 0.310 e. The molecule has 7 rings (SSSR count). The van der Waals surface area contributed by atoms with Crippen LogP contribution in [0.2, 0.25) is 0 Å². The summed E-state index contributed by atoms with van der Waals surface area (Å²) in [5, 5.41) is 7.79. The topological polar surface area (TPSA) is 16.1 Å². The van der Waals surface area contributed by atoms with Crippen LogP contribution in [0.4, 0.5) is 17.1 Å². The number of rotatable bonds is 4. The minimum Gasteiger partial charge on any atom is -0.310 e. The lowest BCUT2D eigenvalue weighted by atomic mass is 9.93. The number of aromatic nitrogens is 1. The van der Waals surface area contributed by atoms with Gasteiger partial charge >= 0.3 is 0 Å². The summed E-state index contributed by atoms with van der Waals surface area (Å²) in [5.74, 6) is 0. The van der Waals surface area contributed by atoms with E-state index in [1.807, 2.05) is 18.5 Å². The molecule has 6 aromatic carbocycles. The minimum absolute atomic E-state index is 1.12. The Morgan fingerprint density at radius 1 is 0.429 bits per heavy atom. The van der Waals surface area contributed by atoms with Crippen molar-refractivity contribution in [3.05, 3.63) is 134 Å². The maximum atomic E-state index is 4.27. The quantitative estimate of drug-likeness (QED) is 0.251. The number of nitrogens with zero attached hydrogens (tertiary/aromatic N) is 2. The molecule has 0 bridgehead atoms. The van der Waals surface area contributed by atoms with E-state index in [1.54, 1.807) is 0 Å². The van der Waals surface area contributed by atoms with Gasteiger partial charge in [-0.15, -0.1) is 0 Å². The Bertz CT molecular complexity index is 1710. The molecule has 0 spiro atoms. The molecule has 164 valence electrons. The van der Waals surface area contributed by atoms with Crippen LogP contribution in [0.5, 0.6) is 0 Å². The average Bonchev–Trinajstić information content (AvgIpc) is 2.93. The first kappa shape index (κ1) is 19.7. The molecule has 7 aromatic rings. The first-order valence-corrected chi connectivity index (χ1v) is 11.9. The standard InChI is InChI=1S/C33H22N2/c1-2-9-29(10-3-1)35(30-17-15-23(16-18-30)28-8-5-19-34-22-28)31-20-26-13-11-24-6-4-7-25-12-14-27(21-31)33(26)32(24)25/h1-22H. The number of hydrogen-bond donors (Lipinski definition) is 0. The molecule has 0 radical (unpaired) electrons. The molecule has 0 aliphatic heterocycles. The Hall–Kier alpha value is -4.69. The summed E-state index contributed by atoms with van der Waals surface area (Å²) in [6.07, 6.45) is 3.71. The molecule has 0 saturated carbocycles. The van der Waals surface area contributed by atoms with E-state index >= 15 is 0 Å². The minimum atomic E-state index is 1.12. The SMILES string of the molecule is c1ccc(N(c2ccc(-c3cccnc3)cc2)c2cc3ccc4cccc5ccc(c2)c3c45)cc1. The maximum absolute atomic E-state index is 4.27. The molecular formula is C33H22N2. The molecular weight excluding hydrogens is 424 g/mol. The van der Waals surface area contributed by atoms with Gasteiger partial charge in [0.25, 0.3) is 0 Å². The van der Waals surface area contributed by atoms with Gasteiger partial charge in [0.2, 0.25) is 0 Å². The van der Waals surface area contributed by atoms with Gasteiger partial charge in [-0.3, -0.25) is 4.98 Å². The highest BCUT2D eigenvalue weighted by atomic mass is 15.1. The summed E-state index contributed by atoms with van der Waals surface area (Å²) in [4.78, 5) is 6.61. The molecule has 0 unspecified atom stereocenters. The number of para-hydroxylation sites is 1. The van der Waals surface area contributed by atoms with Gasteiger partial charge in [0.1, 0.15) is 0 Å². The number of hydrogen-bond acceptors (Lipinski definition) is 2. The highest BCUT2D eigenvalue weighted by Crippen LogP contribution is 2.41. The molecule has 1 heterocycles. The smallest absolute Gasteiger partial charge is 0.0473 e. The van der Waals surface area contributed by atoms with Crippen LogP contribution >= 0.6 is 0 Å². The van der Waals surface area contributed by atoms with E-state index in [4.69, 9.17) is 0 Å². The summed E-state index contributed by atoms with van der Waals surface area (Å²) in [5.41, 5.74) is 5.68. The van der Waals surface area contributed by atoms with Crippen molar-refractivity contribution >= 4 is 49.4 Å². The van der Waals surface area contributed by atoms with Crippen molar-refractivity contribution < 1.29 is 0 Å². The Morgan fingerprint density at radius 2 is 1.06 bits per heavy atom. The first-order valence-electron chi connectivity index (χ1n) is 11.9. The second kappa shape index (κ2) is 7.96. The lowest BCUT2D eigenvalue weighted by molar-refractivity contribution is 1.29. The van der Waals surface area contributed by atoms with E-state index in [0.29, 0.717) is 0 Å². The highest BCUT2D eigenvalue weighted by molar-refractivity contribution is 6.23. The van der Waals surface area contributed by atoms with Crippen LogP contribution in [0.1, 0.15) is 0 Å². The molecule has 35 heavy (non-hydrogen) atoms. The zero-order chi connectivity index (χ0) is 23.2. The van der Waals surface area contributed by atoms with Gasteiger partial charge in [0.15, 0.2) is 0 Å². The normalized spacial score (nSPS) is 11.4. The molecule has 0 aliphatic rings. The van der Waals surface area contributed by atoms with Crippen LogP contribution in [-0.4, -0.2) is 4.98 Å². The van der Waals surface area contributed by atoms with Crippen LogP contribution in [0.3, 0.4) is 0 Å². The van der Waals surface area contributed by atoms with Gasteiger partial charge in [-0.25, -0.2) is 0 Å². The van der Waals surface area contributed by atoms with Crippen molar-refractivity contribution in [3.8, 4) is 11.1 Å². The second-order valence-corrected chi connectivity index (χ2v) is 8.94. The maximum Gasteiger partial charge on any atom is 0.0473 e. The third kappa shape index (κ3) is 3.31. The van der Waals surface area contributed by atoms with Crippen LogP contribution in [0.25, 0.3) is 43.4 Å². The fourth-order valence-corrected chi connectivity index (χ4v) is 5.23. The summed E-state index contributed by atoms with van der Waals surface area (Å²) in [6, 6.07) is 43.5. The van der Waals surface area contributed by atoms with Crippen molar-refractivity contribution in [1.29, 1.82) is 0 Å². The lowest BCUT2D eigenvalue weighted by Gasteiger charge is -2.26. The van der Waals surface area contributed by atoms with E-state index in [9.17, 15) is 0 Å². The van der Waals surface area contributed by atoms with E-state index in [2.05, 4.69) is 125 Å². The van der Waals surface area contributed by atoms with Gasteiger partial charge in [0, 0.05) is 29.5 Å². The predicted octanol–water partition coefficient (Wildman–Crippen LogP) is 9.12. The lowest BCUT2D eigenvalue weighted by Crippen LogP contribution is -2.09. The van der Waals surface area contributed by atoms with E-state index in [-0.39, 0.29) is 0 Å². The third-order valence-corrected chi connectivity index (χ3v) is 6.84. The summed E-state index contributed by atoms with van der Waals surface area (Å²) in [7, 11) is 0. The monoisotopic (exact) mass is 446 g/mol. The molecule has 0 aliphatic carbocycles. The van der Waals surface area contributed by atoms with Crippen LogP contribution in [0.15, 0.2) is 134 Å². The Morgan fingerprint density at radius 3 is 1.71 bits per heavy atom. The van der Waals surface area contributed by atoms with Gasteiger partial charge < -0.3 is 4.90 Å². The molecule has 0 atom stereocenters. The molecule has 2 nitrogen and oxygen atoms in total. The van der Waals surface area contributed by atoms with Gasteiger partial charge in [-0.2, -0.15) is 0 Å². The predicted molar refractivity (Wildman–Crippen MR) is 148 cm³/mol.